The van der Waals surface area contributed by atoms with Gasteiger partial charge < -0.3 is 23.2 Å². The third-order valence-corrected chi connectivity index (χ3v) is 5.25. The minimum absolute atomic E-state index is 0.0209. The lowest BCUT2D eigenvalue weighted by atomic mass is 10.1. The Morgan fingerprint density at radius 2 is 1.97 bits per heavy atom. The number of aromatic nitrogens is 3. The van der Waals surface area contributed by atoms with E-state index in [9.17, 15) is 14.7 Å². The zero-order valence-electron chi connectivity index (χ0n) is 17.2. The molecule has 0 radical (unpaired) electrons. The third-order valence-electron chi connectivity index (χ3n) is 5.25. The lowest BCUT2D eigenvalue weighted by Crippen LogP contribution is -2.19. The molecule has 4 aromatic rings. The van der Waals surface area contributed by atoms with Crippen LogP contribution in [0.5, 0.6) is 0 Å². The van der Waals surface area contributed by atoms with Crippen LogP contribution in [-0.2, 0) is 21.6 Å². The second-order valence-electron chi connectivity index (χ2n) is 7.48. The Bertz CT molecular complexity index is 1400. The number of oxazole rings is 2. The number of aliphatic carboxylic acids is 1. The number of benzene rings is 1. The van der Waals surface area contributed by atoms with Crippen molar-refractivity contribution in [2.24, 2.45) is 0 Å². The number of nitrogens with zero attached hydrogens (tertiary/aromatic N) is 3. The fraction of sp³-hybridized carbons (Fsp3) is 0.227. The molecule has 0 bridgehead atoms. The molecule has 11 heteroatoms. The number of carbonyl (C=O) groups is 2. The first kappa shape index (κ1) is 20.3. The number of carboxylic acids is 1. The molecular weight excluding hydrogens is 432 g/mol. The van der Waals surface area contributed by atoms with Crippen LogP contribution in [0.25, 0.3) is 11.4 Å². The lowest BCUT2D eigenvalue weighted by molar-refractivity contribution is -0.140. The summed E-state index contributed by atoms with van der Waals surface area (Å²) >= 11 is 0. The van der Waals surface area contributed by atoms with Crippen LogP contribution in [0.1, 0.15) is 41.5 Å². The van der Waals surface area contributed by atoms with Crippen LogP contribution in [0.2, 0.25) is 0 Å². The van der Waals surface area contributed by atoms with Crippen LogP contribution in [-0.4, -0.2) is 32.3 Å². The molecule has 1 aliphatic carbocycles. The quantitative estimate of drug-likeness (QED) is 0.434. The van der Waals surface area contributed by atoms with Crippen molar-refractivity contribution in [3.05, 3.63) is 59.1 Å². The number of hydrogen-bond acceptors (Lipinski definition) is 9. The molecule has 1 fully saturated rings. The molecule has 1 aromatic carbocycles. The average molecular weight is 448 g/mol. The van der Waals surface area contributed by atoms with E-state index in [2.05, 4.69) is 32.3 Å². The van der Waals surface area contributed by atoms with Crippen molar-refractivity contribution in [2.75, 3.05) is 5.32 Å². The summed E-state index contributed by atoms with van der Waals surface area (Å²) in [6, 6.07) is 7.56. The Labute approximate surface area is 185 Å². The molecule has 3 heterocycles. The predicted octanol–water partition coefficient (Wildman–Crippen LogP) is 3.38. The Morgan fingerprint density at radius 1 is 1.18 bits per heavy atom. The molecule has 166 valence electrons. The first-order chi connectivity index (χ1) is 15.9. The van der Waals surface area contributed by atoms with Crippen molar-refractivity contribution >= 4 is 29.2 Å². The second kappa shape index (κ2) is 7.83. The van der Waals surface area contributed by atoms with Crippen LogP contribution in [0, 0.1) is 18.8 Å². The van der Waals surface area contributed by atoms with Crippen molar-refractivity contribution in [3.8, 4) is 11.8 Å². The number of carboxylic acid groups (broad SMARTS) is 1. The van der Waals surface area contributed by atoms with Crippen molar-refractivity contribution in [1.82, 2.24) is 15.1 Å². The Kier molecular flexibility index (Phi) is 4.82. The fourth-order valence-corrected chi connectivity index (χ4v) is 3.13. The SMILES string of the molecule is Cc1ccccc1COC(=O)Nc1cnoc1C#Cc1nc2oc(C3(C(=O)O)CC3)nc2o1. The summed E-state index contributed by atoms with van der Waals surface area (Å²) in [6.07, 6.45) is 1.50. The number of anilines is 1. The summed E-state index contributed by atoms with van der Waals surface area (Å²) in [4.78, 5) is 31.7. The Morgan fingerprint density at radius 3 is 2.70 bits per heavy atom. The van der Waals surface area contributed by atoms with Gasteiger partial charge in [-0.15, -0.1) is 0 Å². The van der Waals surface area contributed by atoms with Gasteiger partial charge >= 0.3 is 12.1 Å². The molecule has 11 nitrogen and oxygen atoms in total. The number of aryl methyl sites for hydroxylation is 1. The first-order valence-corrected chi connectivity index (χ1v) is 9.91. The first-order valence-electron chi connectivity index (χ1n) is 9.91. The predicted molar refractivity (Wildman–Crippen MR) is 110 cm³/mol. The van der Waals surface area contributed by atoms with Gasteiger partial charge in [0.1, 0.15) is 17.7 Å². The molecule has 33 heavy (non-hydrogen) atoms. The maximum atomic E-state index is 12.1. The molecule has 0 aliphatic heterocycles. The number of rotatable bonds is 5. The summed E-state index contributed by atoms with van der Waals surface area (Å²) in [5, 5.41) is 15.5. The van der Waals surface area contributed by atoms with Gasteiger partial charge in [0.2, 0.25) is 11.7 Å². The number of ether oxygens (including phenoxy) is 1. The number of hydrogen-bond donors (Lipinski definition) is 2. The summed E-state index contributed by atoms with van der Waals surface area (Å²) in [6.45, 7) is 2.04. The Hall–Kier alpha value is -4.59. The van der Waals surface area contributed by atoms with E-state index >= 15 is 0 Å². The molecule has 0 spiro atoms. The van der Waals surface area contributed by atoms with Gasteiger partial charge in [-0.25, -0.2) is 4.79 Å². The van der Waals surface area contributed by atoms with Gasteiger partial charge in [-0.1, -0.05) is 29.4 Å². The molecule has 0 unspecified atom stereocenters. The van der Waals surface area contributed by atoms with Crippen molar-refractivity contribution in [1.29, 1.82) is 0 Å². The molecular formula is C22H16N4O7. The molecule has 2 N–H and O–H groups in total. The highest BCUT2D eigenvalue weighted by atomic mass is 16.5. The standard InChI is InChI=1S/C22H16N4O7/c1-12-4-2-3-5-13(12)11-30-21(29)24-14-10-23-33-15(14)6-7-16-25-17-18(31-16)26-19(32-17)22(8-9-22)20(27)28/h2-5,10H,8-9,11H2,1H3,(H,24,29)(H,27,28). The maximum absolute atomic E-state index is 12.1. The van der Waals surface area contributed by atoms with Crippen molar-refractivity contribution < 1.29 is 32.8 Å². The second-order valence-corrected chi connectivity index (χ2v) is 7.48. The van der Waals surface area contributed by atoms with Gasteiger partial charge in [0.15, 0.2) is 0 Å². The van der Waals surface area contributed by atoms with E-state index in [1.165, 1.54) is 6.20 Å². The fourth-order valence-electron chi connectivity index (χ4n) is 3.13. The summed E-state index contributed by atoms with van der Waals surface area (Å²) in [7, 11) is 0. The molecule has 1 saturated carbocycles. The van der Waals surface area contributed by atoms with Gasteiger partial charge in [-0.05, 0) is 36.8 Å². The number of amides is 1. The van der Waals surface area contributed by atoms with Gasteiger partial charge in [-0.3, -0.25) is 10.1 Å². The molecule has 1 aliphatic rings. The highest BCUT2D eigenvalue weighted by molar-refractivity contribution is 5.86. The monoisotopic (exact) mass is 448 g/mol. The number of fused-ring (bicyclic) bond motifs is 1. The zero-order valence-corrected chi connectivity index (χ0v) is 17.2. The van der Waals surface area contributed by atoms with Gasteiger partial charge in [0.25, 0.3) is 17.3 Å². The molecule has 0 atom stereocenters. The van der Waals surface area contributed by atoms with Crippen molar-refractivity contribution in [2.45, 2.75) is 31.8 Å². The summed E-state index contributed by atoms with van der Waals surface area (Å²) < 4.78 is 21.1. The van der Waals surface area contributed by atoms with E-state index in [0.29, 0.717) is 12.8 Å². The number of nitrogens with one attached hydrogen (secondary N) is 1. The van der Waals surface area contributed by atoms with Gasteiger partial charge in [-0.2, -0.15) is 9.97 Å². The van der Waals surface area contributed by atoms with E-state index < -0.39 is 17.5 Å². The van der Waals surface area contributed by atoms with E-state index in [1.54, 1.807) is 0 Å². The van der Waals surface area contributed by atoms with Gasteiger partial charge in [0.05, 0.1) is 6.20 Å². The summed E-state index contributed by atoms with van der Waals surface area (Å²) in [5.74, 6) is 4.41. The van der Waals surface area contributed by atoms with E-state index in [1.807, 2.05) is 31.2 Å². The third kappa shape index (κ3) is 3.89. The molecule has 5 rings (SSSR count). The lowest BCUT2D eigenvalue weighted by Gasteiger charge is -2.07. The normalized spacial score (nSPS) is 13.8. The van der Waals surface area contributed by atoms with Crippen LogP contribution in [0.4, 0.5) is 10.5 Å². The average Bonchev–Trinajstić information content (AvgIpc) is 3.11. The van der Waals surface area contributed by atoms with E-state index in [4.69, 9.17) is 18.1 Å². The van der Waals surface area contributed by atoms with Crippen LogP contribution < -0.4 is 5.32 Å². The molecule has 0 saturated heterocycles. The largest absolute Gasteiger partial charge is 0.480 e. The smallest absolute Gasteiger partial charge is 0.412 e. The van der Waals surface area contributed by atoms with Gasteiger partial charge in [0, 0.05) is 5.92 Å². The highest BCUT2D eigenvalue weighted by Gasteiger charge is 2.56. The highest BCUT2D eigenvalue weighted by Crippen LogP contribution is 2.48. The minimum Gasteiger partial charge on any atom is -0.480 e. The molecule has 3 aromatic heterocycles. The topological polar surface area (TPSA) is 154 Å². The maximum Gasteiger partial charge on any atom is 0.412 e. The zero-order chi connectivity index (χ0) is 23.0. The summed E-state index contributed by atoms with van der Waals surface area (Å²) in [5.41, 5.74) is 1.12. The van der Waals surface area contributed by atoms with Crippen LogP contribution in [0.3, 0.4) is 0 Å². The number of carbonyl (C=O) groups excluding carboxylic acids is 1. The van der Waals surface area contributed by atoms with Crippen LogP contribution >= 0.6 is 0 Å². The molecule has 1 amide bonds. The van der Waals surface area contributed by atoms with Crippen molar-refractivity contribution in [3.63, 3.8) is 0 Å². The minimum atomic E-state index is -1.09. The van der Waals surface area contributed by atoms with Crippen LogP contribution in [0.15, 0.2) is 43.8 Å². The Balaban J connectivity index is 1.26. The van der Waals surface area contributed by atoms with E-state index in [0.717, 1.165) is 11.1 Å². The van der Waals surface area contributed by atoms with E-state index in [-0.39, 0.29) is 41.3 Å².